The van der Waals surface area contributed by atoms with Crippen LogP contribution in [0.25, 0.3) is 0 Å². The van der Waals surface area contributed by atoms with E-state index in [0.717, 1.165) is 19.1 Å². The third-order valence-electron chi connectivity index (χ3n) is 3.72. The van der Waals surface area contributed by atoms with Gasteiger partial charge in [0.15, 0.2) is 0 Å². The smallest absolute Gasteiger partial charge is 0.0357 e. The zero-order chi connectivity index (χ0) is 11.9. The van der Waals surface area contributed by atoms with E-state index in [1.807, 2.05) is 12.3 Å². The molecule has 1 aromatic heterocycles. The van der Waals surface area contributed by atoms with Gasteiger partial charge in [-0.25, -0.2) is 0 Å². The number of rotatable bonds is 6. The van der Waals surface area contributed by atoms with E-state index in [2.05, 4.69) is 28.2 Å². The zero-order valence-corrected chi connectivity index (χ0v) is 10.9. The average molecular weight is 235 g/mol. The Morgan fingerprint density at radius 2 is 2.41 bits per heavy atom. The molecule has 3 nitrogen and oxygen atoms in total. The van der Waals surface area contributed by atoms with Crippen LogP contribution >= 0.6 is 0 Å². The number of nitrogens with one attached hydrogen (secondary N) is 2. The summed E-state index contributed by atoms with van der Waals surface area (Å²) in [5.74, 6) is 0. The molecular weight excluding hydrogens is 210 g/mol. The van der Waals surface area contributed by atoms with Crippen molar-refractivity contribution in [3.8, 4) is 0 Å². The molecule has 0 spiro atoms. The van der Waals surface area contributed by atoms with Gasteiger partial charge in [-0.1, -0.05) is 6.42 Å². The van der Waals surface area contributed by atoms with Gasteiger partial charge in [0.25, 0.3) is 0 Å². The van der Waals surface area contributed by atoms with Gasteiger partial charge in [0.05, 0.1) is 0 Å². The summed E-state index contributed by atoms with van der Waals surface area (Å²) >= 11 is 0. The molecule has 0 aliphatic carbocycles. The molecule has 1 atom stereocenters. The molecular formula is C14H25N3. The SMILES string of the molecule is CC1CCCCN1CCCNCc1ccc[nH]1. The van der Waals surface area contributed by atoms with Crippen LogP contribution in [0.15, 0.2) is 18.3 Å². The number of hydrogen-bond acceptors (Lipinski definition) is 2. The second-order valence-electron chi connectivity index (χ2n) is 5.11. The summed E-state index contributed by atoms with van der Waals surface area (Å²) in [5, 5.41) is 3.48. The van der Waals surface area contributed by atoms with Gasteiger partial charge >= 0.3 is 0 Å². The average Bonchev–Trinajstić information content (AvgIpc) is 2.84. The topological polar surface area (TPSA) is 31.1 Å². The Balaban J connectivity index is 1.53. The minimum absolute atomic E-state index is 0.798. The highest BCUT2D eigenvalue weighted by atomic mass is 15.2. The van der Waals surface area contributed by atoms with E-state index in [0.29, 0.717) is 0 Å². The molecule has 17 heavy (non-hydrogen) atoms. The maximum atomic E-state index is 3.48. The van der Waals surface area contributed by atoms with Crippen LogP contribution in [-0.2, 0) is 6.54 Å². The second kappa shape index (κ2) is 6.82. The van der Waals surface area contributed by atoms with Crippen molar-refractivity contribution in [2.45, 2.75) is 45.2 Å². The first-order valence-electron chi connectivity index (χ1n) is 6.93. The van der Waals surface area contributed by atoms with E-state index in [1.165, 1.54) is 44.5 Å². The molecule has 1 aromatic rings. The quantitative estimate of drug-likeness (QED) is 0.742. The van der Waals surface area contributed by atoms with Crippen molar-refractivity contribution < 1.29 is 0 Å². The Morgan fingerprint density at radius 3 is 3.18 bits per heavy atom. The third kappa shape index (κ3) is 4.17. The van der Waals surface area contributed by atoms with Crippen LogP contribution in [0.2, 0.25) is 0 Å². The van der Waals surface area contributed by atoms with Crippen molar-refractivity contribution in [2.24, 2.45) is 0 Å². The van der Waals surface area contributed by atoms with Gasteiger partial charge in [-0.15, -0.1) is 0 Å². The number of aromatic amines is 1. The van der Waals surface area contributed by atoms with Crippen LogP contribution in [0.3, 0.4) is 0 Å². The van der Waals surface area contributed by atoms with Crippen molar-refractivity contribution >= 4 is 0 Å². The largest absolute Gasteiger partial charge is 0.364 e. The second-order valence-corrected chi connectivity index (χ2v) is 5.11. The van der Waals surface area contributed by atoms with Crippen LogP contribution < -0.4 is 5.32 Å². The van der Waals surface area contributed by atoms with E-state index in [9.17, 15) is 0 Å². The first-order valence-corrected chi connectivity index (χ1v) is 6.93. The summed E-state index contributed by atoms with van der Waals surface area (Å²) < 4.78 is 0. The summed E-state index contributed by atoms with van der Waals surface area (Å²) in [5.41, 5.74) is 1.27. The third-order valence-corrected chi connectivity index (χ3v) is 3.72. The van der Waals surface area contributed by atoms with Gasteiger partial charge < -0.3 is 15.2 Å². The Labute approximate surface area is 105 Å². The number of nitrogens with zero attached hydrogens (tertiary/aromatic N) is 1. The summed E-state index contributed by atoms with van der Waals surface area (Å²) in [6.45, 7) is 6.99. The van der Waals surface area contributed by atoms with Crippen LogP contribution in [0, 0.1) is 0 Å². The van der Waals surface area contributed by atoms with Crippen LogP contribution in [-0.4, -0.2) is 35.6 Å². The number of likely N-dealkylation sites (tertiary alicyclic amines) is 1. The van der Waals surface area contributed by atoms with E-state index in [1.54, 1.807) is 0 Å². The molecule has 0 radical (unpaired) electrons. The fourth-order valence-corrected chi connectivity index (χ4v) is 2.60. The predicted molar refractivity (Wildman–Crippen MR) is 72.0 cm³/mol. The Kier molecular flexibility index (Phi) is 5.08. The highest BCUT2D eigenvalue weighted by Crippen LogP contribution is 2.15. The molecule has 1 unspecified atom stereocenters. The van der Waals surface area contributed by atoms with E-state index >= 15 is 0 Å². The zero-order valence-electron chi connectivity index (χ0n) is 10.9. The molecule has 0 bridgehead atoms. The van der Waals surface area contributed by atoms with Crippen molar-refractivity contribution in [1.29, 1.82) is 0 Å². The van der Waals surface area contributed by atoms with Crippen molar-refractivity contribution in [3.05, 3.63) is 24.0 Å². The Morgan fingerprint density at radius 1 is 1.47 bits per heavy atom. The molecule has 3 heteroatoms. The monoisotopic (exact) mass is 235 g/mol. The molecule has 0 aromatic carbocycles. The summed E-state index contributed by atoms with van der Waals surface area (Å²) in [7, 11) is 0. The number of H-pyrrole nitrogens is 1. The Hall–Kier alpha value is -0.800. The first kappa shape index (κ1) is 12.7. The molecule has 1 aliphatic heterocycles. The van der Waals surface area contributed by atoms with Crippen LogP contribution in [0.1, 0.15) is 38.3 Å². The molecule has 96 valence electrons. The standard InChI is InChI=1S/C14H25N3/c1-13-6-2-3-10-17(13)11-5-8-15-12-14-7-4-9-16-14/h4,7,9,13,15-16H,2-3,5-6,8,10-12H2,1H3. The van der Waals surface area contributed by atoms with Gasteiger partial charge in [0, 0.05) is 24.5 Å². The predicted octanol–water partition coefficient (Wildman–Crippen LogP) is 2.37. The minimum Gasteiger partial charge on any atom is -0.364 e. The number of aromatic nitrogens is 1. The lowest BCUT2D eigenvalue weighted by Crippen LogP contribution is -2.38. The van der Waals surface area contributed by atoms with Gasteiger partial charge in [0.2, 0.25) is 0 Å². The molecule has 2 rings (SSSR count). The lowest BCUT2D eigenvalue weighted by molar-refractivity contribution is 0.159. The summed E-state index contributed by atoms with van der Waals surface area (Å²) in [6, 6.07) is 4.97. The van der Waals surface area contributed by atoms with E-state index in [-0.39, 0.29) is 0 Å². The Bertz CT molecular complexity index is 294. The maximum Gasteiger partial charge on any atom is 0.0357 e. The first-order chi connectivity index (χ1) is 8.36. The lowest BCUT2D eigenvalue weighted by Gasteiger charge is -2.33. The molecule has 1 saturated heterocycles. The number of hydrogen-bond donors (Lipinski definition) is 2. The van der Waals surface area contributed by atoms with Crippen molar-refractivity contribution in [1.82, 2.24) is 15.2 Å². The van der Waals surface area contributed by atoms with Gasteiger partial charge in [0.1, 0.15) is 0 Å². The molecule has 0 saturated carbocycles. The van der Waals surface area contributed by atoms with Crippen LogP contribution in [0.4, 0.5) is 0 Å². The fourth-order valence-electron chi connectivity index (χ4n) is 2.60. The van der Waals surface area contributed by atoms with Crippen molar-refractivity contribution in [2.75, 3.05) is 19.6 Å². The van der Waals surface area contributed by atoms with Crippen molar-refractivity contribution in [3.63, 3.8) is 0 Å². The fraction of sp³-hybridized carbons (Fsp3) is 0.714. The lowest BCUT2D eigenvalue weighted by atomic mass is 10.0. The molecule has 1 fully saturated rings. The molecule has 2 N–H and O–H groups in total. The number of piperidine rings is 1. The van der Waals surface area contributed by atoms with E-state index < -0.39 is 0 Å². The highest BCUT2D eigenvalue weighted by Gasteiger charge is 2.16. The molecule has 1 aliphatic rings. The minimum atomic E-state index is 0.798. The normalized spacial score (nSPS) is 21.8. The van der Waals surface area contributed by atoms with Gasteiger partial charge in [-0.2, -0.15) is 0 Å². The summed E-state index contributed by atoms with van der Waals surface area (Å²) in [6.07, 6.45) is 7.43. The maximum absolute atomic E-state index is 3.48. The summed E-state index contributed by atoms with van der Waals surface area (Å²) in [4.78, 5) is 5.85. The highest BCUT2D eigenvalue weighted by molar-refractivity contribution is 5.02. The van der Waals surface area contributed by atoms with Gasteiger partial charge in [-0.05, 0) is 58.0 Å². The molecule has 2 heterocycles. The van der Waals surface area contributed by atoms with Crippen LogP contribution in [0.5, 0.6) is 0 Å². The van der Waals surface area contributed by atoms with E-state index in [4.69, 9.17) is 0 Å². The molecule has 0 amide bonds. The van der Waals surface area contributed by atoms with Gasteiger partial charge in [-0.3, -0.25) is 0 Å².